The molecule has 0 saturated heterocycles. The normalized spacial score (nSPS) is 14.8. The van der Waals surface area contributed by atoms with Crippen molar-refractivity contribution in [2.24, 2.45) is 0 Å². The smallest absolute Gasteiger partial charge is 0.146 e. The Balaban J connectivity index is 0.000000104. The Kier molecular flexibility index (Phi) is 16.0. The maximum Gasteiger partial charge on any atom is 0.146 e. The molecule has 128 heavy (non-hydrogen) atoms. The minimum absolute atomic E-state index is 0.117. The molecule has 5 aliphatic rings. The van der Waals surface area contributed by atoms with E-state index in [0.29, 0.717) is 0 Å². The van der Waals surface area contributed by atoms with Crippen LogP contribution >= 0.6 is 0 Å². The monoisotopic (exact) mass is 1630 g/mol. The van der Waals surface area contributed by atoms with Crippen molar-refractivity contribution < 1.29 is 0 Å². The summed E-state index contributed by atoms with van der Waals surface area (Å²) in [5, 5.41) is 29.3. The number of aromatic nitrogens is 3. The molecule has 0 atom stereocenters. The van der Waals surface area contributed by atoms with Crippen LogP contribution in [0.25, 0.3) is 203 Å². The second-order valence-corrected chi connectivity index (χ2v) is 38.7. The first-order chi connectivity index (χ1) is 62.3. The van der Waals surface area contributed by atoms with E-state index in [2.05, 4.69) is 430 Å². The van der Waals surface area contributed by atoms with Crippen molar-refractivity contribution in [1.82, 2.24) is 14.4 Å². The zero-order chi connectivity index (χ0) is 86.3. The standard InChI is InChI=1S/C43H33N.C42H28N2.C39H29N/c1-42(2)36-24-26(38-18-9-10-23-44-38)19-21-29(36)30-22-20-27(25-37(30)42)39-32-13-5-6-14-33(32)41-40-31(15-11-16-34(39)40)28-12-7-8-17-35(28)43(41,3)4;1-42(2)34-18-7-5-12-27(34)29-16-11-17-32-38(30-14-3-4-15-31(30)40(42)39(29)32)25-22-23-26-28-13-6-9-20-36(28)44-37-21-10-8-19-35(37)43-41(44)33(26)24-25;1-38(2)33-20-23(22-40)16-18-26(33)27-19-17-24(21-34(27)38)35-29-11-5-6-12-30(29)37-36-28(13-9-14-31(35)36)25-10-7-8-15-32(25)39(37,3)4/h5-25H,1-4H3;3-24H,1-2H3;5-21H,1-4H3. The maximum absolute atomic E-state index is 9.57. The van der Waals surface area contributed by atoms with Crippen LogP contribution in [0.2, 0.25) is 0 Å². The van der Waals surface area contributed by atoms with E-state index in [1.165, 1.54) is 237 Å². The van der Waals surface area contributed by atoms with Crippen LogP contribution in [0.4, 0.5) is 0 Å². The number of para-hydroxylation sites is 3. The SMILES string of the molecule is CC1(C)c2cc(-c3ccccn3)ccc2-c2ccc(-c3c4ccccc4c4c5c(cccc35)-c3ccccc3C4(C)C)cc21.CC1(C)c2cc(C#N)ccc2-c2ccc(-c3c4ccccc4c4c5c(cccc35)-c3ccccc3C4(C)C)cc21.CC1(C)c2ccccc2-c2cccc3c(-c4ccc5c6ccccc6n6c7ccccc7nc6c5c4)c4ccccc4c1c23. The maximum atomic E-state index is 9.57. The van der Waals surface area contributed by atoms with Crippen molar-refractivity contribution in [3.63, 3.8) is 0 Å². The van der Waals surface area contributed by atoms with E-state index >= 15 is 0 Å². The Hall–Kier alpha value is -15.2. The van der Waals surface area contributed by atoms with Gasteiger partial charge >= 0.3 is 0 Å². The molecule has 0 saturated carbocycles. The van der Waals surface area contributed by atoms with Gasteiger partial charge in [0.25, 0.3) is 0 Å². The van der Waals surface area contributed by atoms with Crippen molar-refractivity contribution in [2.45, 2.75) is 96.3 Å². The quantitative estimate of drug-likeness (QED) is 0.130. The summed E-state index contributed by atoms with van der Waals surface area (Å²) in [6.45, 7) is 23.7. The number of hydrogen-bond acceptors (Lipinski definition) is 3. The lowest BCUT2D eigenvalue weighted by atomic mass is 9.66. The van der Waals surface area contributed by atoms with Gasteiger partial charge < -0.3 is 0 Å². The number of benzene rings is 19. The van der Waals surface area contributed by atoms with E-state index in [0.717, 1.165) is 27.9 Å². The summed E-state index contributed by atoms with van der Waals surface area (Å²) >= 11 is 0. The molecule has 0 bridgehead atoms. The summed E-state index contributed by atoms with van der Waals surface area (Å²) in [6.07, 6.45) is 1.87. The minimum Gasteiger partial charge on any atom is -0.292 e. The van der Waals surface area contributed by atoms with Crippen LogP contribution in [0.5, 0.6) is 0 Å². The lowest BCUT2D eigenvalue weighted by molar-refractivity contribution is 0.651. The summed E-state index contributed by atoms with van der Waals surface area (Å²) in [4.78, 5) is 9.84. The molecule has 27 rings (SSSR count). The average Bonchev–Trinajstić information content (AvgIpc) is 1.20. The van der Waals surface area contributed by atoms with Crippen LogP contribution in [0.3, 0.4) is 0 Å². The zero-order valence-electron chi connectivity index (χ0n) is 73.4. The van der Waals surface area contributed by atoms with Crippen molar-refractivity contribution in [2.75, 3.05) is 0 Å². The molecular formula is C124H90N4. The first-order valence-corrected chi connectivity index (χ1v) is 45.2. The average molecular weight is 1640 g/mol. The van der Waals surface area contributed by atoms with Gasteiger partial charge in [0.05, 0.1) is 33.9 Å². The largest absolute Gasteiger partial charge is 0.292 e. The van der Waals surface area contributed by atoms with E-state index in [1.807, 2.05) is 18.3 Å². The number of hydrogen-bond donors (Lipinski definition) is 0. The molecule has 0 radical (unpaired) electrons. The Morgan fingerprint density at radius 1 is 0.242 bits per heavy atom. The van der Waals surface area contributed by atoms with Gasteiger partial charge in [-0.15, -0.1) is 0 Å². The second-order valence-electron chi connectivity index (χ2n) is 38.7. The highest BCUT2D eigenvalue weighted by molar-refractivity contribution is 6.25. The molecular weight excluding hydrogens is 1550 g/mol. The van der Waals surface area contributed by atoms with Gasteiger partial charge in [-0.05, 0) is 281 Å². The van der Waals surface area contributed by atoms with Crippen molar-refractivity contribution in [3.05, 3.63) is 425 Å². The molecule has 22 aromatic rings. The molecule has 5 aliphatic carbocycles. The summed E-state index contributed by atoms with van der Waals surface area (Å²) in [7, 11) is 0. The van der Waals surface area contributed by atoms with Gasteiger partial charge in [0.2, 0.25) is 0 Å². The molecule has 4 heteroatoms. The number of pyridine rings is 2. The predicted octanol–water partition coefficient (Wildman–Crippen LogP) is 32.6. The molecule has 0 aliphatic heterocycles. The van der Waals surface area contributed by atoms with E-state index < -0.39 is 0 Å². The van der Waals surface area contributed by atoms with Crippen LogP contribution in [-0.4, -0.2) is 14.4 Å². The number of fused-ring (bicyclic) bond motifs is 26. The second kappa shape index (κ2) is 27.2. The summed E-state index contributed by atoms with van der Waals surface area (Å²) in [6, 6.07) is 135. The number of nitriles is 1. The van der Waals surface area contributed by atoms with Crippen LogP contribution in [0, 0.1) is 11.3 Å². The van der Waals surface area contributed by atoms with E-state index in [1.54, 1.807) is 0 Å². The van der Waals surface area contributed by atoms with E-state index in [4.69, 9.17) is 4.98 Å². The van der Waals surface area contributed by atoms with Crippen LogP contribution in [0.1, 0.15) is 130 Å². The van der Waals surface area contributed by atoms with Gasteiger partial charge in [-0.25, -0.2) is 4.98 Å². The number of rotatable bonds is 4. The first-order valence-electron chi connectivity index (χ1n) is 45.2. The lowest BCUT2D eigenvalue weighted by Gasteiger charge is -2.37. The van der Waals surface area contributed by atoms with Gasteiger partial charge in [0.15, 0.2) is 0 Å². The van der Waals surface area contributed by atoms with Crippen LogP contribution in [-0.2, 0) is 27.1 Å². The molecule has 606 valence electrons. The minimum atomic E-state index is -0.184. The summed E-state index contributed by atoms with van der Waals surface area (Å²) in [5.74, 6) is 0. The van der Waals surface area contributed by atoms with Gasteiger partial charge in [-0.1, -0.05) is 360 Å². The Morgan fingerprint density at radius 3 is 1.04 bits per heavy atom. The Labute approximate surface area is 745 Å². The molecule has 3 heterocycles. The highest BCUT2D eigenvalue weighted by Gasteiger charge is 2.43. The van der Waals surface area contributed by atoms with Gasteiger partial charge in [0, 0.05) is 49.6 Å². The highest BCUT2D eigenvalue weighted by atomic mass is 15.0. The summed E-state index contributed by atoms with van der Waals surface area (Å²) < 4.78 is 2.34. The third kappa shape index (κ3) is 10.4. The number of nitrogens with zero attached hydrogens (tertiary/aromatic N) is 4. The molecule has 0 N–H and O–H groups in total. The Morgan fingerprint density at radius 2 is 0.586 bits per heavy atom. The zero-order valence-corrected chi connectivity index (χ0v) is 73.4. The highest BCUT2D eigenvalue weighted by Crippen LogP contribution is 2.61. The fourth-order valence-corrected chi connectivity index (χ4v) is 24.4. The van der Waals surface area contributed by atoms with Crippen molar-refractivity contribution in [1.29, 1.82) is 5.26 Å². The topological polar surface area (TPSA) is 54.0 Å². The van der Waals surface area contributed by atoms with Crippen LogP contribution in [0.15, 0.2) is 364 Å². The van der Waals surface area contributed by atoms with Gasteiger partial charge in [-0.3, -0.25) is 9.38 Å². The van der Waals surface area contributed by atoms with Gasteiger partial charge in [0.1, 0.15) is 5.65 Å². The molecule has 0 unspecified atom stereocenters. The van der Waals surface area contributed by atoms with Crippen molar-refractivity contribution in [3.8, 4) is 106 Å². The van der Waals surface area contributed by atoms with Gasteiger partial charge in [-0.2, -0.15) is 5.26 Å². The molecule has 0 fully saturated rings. The fourth-order valence-electron chi connectivity index (χ4n) is 24.4. The molecule has 3 aromatic heterocycles. The van der Waals surface area contributed by atoms with E-state index in [-0.39, 0.29) is 27.1 Å². The number of imidazole rings is 1. The first kappa shape index (κ1) is 75.4. The Bertz CT molecular complexity index is 8730. The molecule has 0 spiro atoms. The van der Waals surface area contributed by atoms with Crippen molar-refractivity contribution >= 4 is 103 Å². The van der Waals surface area contributed by atoms with Crippen LogP contribution < -0.4 is 0 Å². The molecule has 4 nitrogen and oxygen atoms in total. The molecule has 19 aromatic carbocycles. The summed E-state index contributed by atoms with van der Waals surface area (Å²) in [5.41, 5.74) is 41.2. The molecule has 0 amide bonds. The predicted molar refractivity (Wildman–Crippen MR) is 538 cm³/mol. The van der Waals surface area contributed by atoms with E-state index in [9.17, 15) is 5.26 Å². The fraction of sp³-hybridized carbons (Fsp3) is 0.121. The third-order valence-corrected chi connectivity index (χ3v) is 30.3. The third-order valence-electron chi connectivity index (χ3n) is 30.3. The lowest BCUT2D eigenvalue weighted by Crippen LogP contribution is -2.24.